The predicted molar refractivity (Wildman–Crippen MR) is 143 cm³/mol. The largest absolute Gasteiger partial charge is 0.490 e. The van der Waals surface area contributed by atoms with Crippen LogP contribution in [0.1, 0.15) is 60.6 Å². The fourth-order valence-corrected chi connectivity index (χ4v) is 4.83. The number of rotatable bonds is 7. The van der Waals surface area contributed by atoms with E-state index in [1.807, 2.05) is 12.1 Å². The maximum absolute atomic E-state index is 12.1. The highest BCUT2D eigenvalue weighted by Crippen LogP contribution is 2.34. The van der Waals surface area contributed by atoms with E-state index in [0.29, 0.717) is 30.4 Å². The van der Waals surface area contributed by atoms with Crippen LogP contribution in [0.15, 0.2) is 30.6 Å². The lowest BCUT2D eigenvalue weighted by Crippen LogP contribution is -2.36. The number of nitrogens with zero attached hydrogens (tertiary/aromatic N) is 5. The van der Waals surface area contributed by atoms with Gasteiger partial charge in [0.05, 0.1) is 30.2 Å². The molecule has 39 heavy (non-hydrogen) atoms. The number of imide groups is 1. The van der Waals surface area contributed by atoms with Crippen molar-refractivity contribution in [2.75, 3.05) is 36.5 Å². The average Bonchev–Trinajstić information content (AvgIpc) is 2.94. The van der Waals surface area contributed by atoms with E-state index in [2.05, 4.69) is 35.5 Å². The van der Waals surface area contributed by atoms with Crippen LogP contribution in [0.3, 0.4) is 0 Å². The van der Waals surface area contributed by atoms with Gasteiger partial charge in [0.15, 0.2) is 11.6 Å². The summed E-state index contributed by atoms with van der Waals surface area (Å²) in [4.78, 5) is 54.6. The molecule has 2 fully saturated rings. The van der Waals surface area contributed by atoms with Crippen molar-refractivity contribution < 1.29 is 23.9 Å². The van der Waals surface area contributed by atoms with Crippen molar-refractivity contribution in [2.24, 2.45) is 0 Å². The van der Waals surface area contributed by atoms with Crippen molar-refractivity contribution in [1.29, 1.82) is 0 Å². The zero-order valence-electron chi connectivity index (χ0n) is 22.0. The lowest BCUT2D eigenvalue weighted by Gasteiger charge is -2.31. The van der Waals surface area contributed by atoms with Gasteiger partial charge in [-0.25, -0.2) is 19.9 Å². The normalized spacial score (nSPS) is 19.4. The summed E-state index contributed by atoms with van der Waals surface area (Å²) in [6.45, 7) is 5.58. The van der Waals surface area contributed by atoms with E-state index in [4.69, 9.17) is 9.47 Å². The van der Waals surface area contributed by atoms with E-state index < -0.39 is 11.8 Å². The van der Waals surface area contributed by atoms with Gasteiger partial charge in [0.1, 0.15) is 11.4 Å². The number of carbonyl (C=O) groups excluding carboxylic acids is 3. The van der Waals surface area contributed by atoms with E-state index in [1.54, 1.807) is 6.20 Å². The maximum Gasteiger partial charge on any atom is 0.276 e. The quantitative estimate of drug-likeness (QED) is 0.432. The first-order valence-corrected chi connectivity index (χ1v) is 13.1. The molecule has 1 saturated carbocycles. The number of ether oxygens (including phenoxy) is 2. The molecule has 3 heterocycles. The number of Topliss-reactive ketones (excluding diaryl/α,β-unsaturated/α-hetero) is 1. The molecule has 1 aromatic carbocycles. The van der Waals surface area contributed by atoms with E-state index in [1.165, 1.54) is 26.1 Å². The van der Waals surface area contributed by atoms with Crippen molar-refractivity contribution in [3.8, 4) is 5.75 Å². The van der Waals surface area contributed by atoms with Gasteiger partial charge in [-0.2, -0.15) is 0 Å². The number of fused-ring (bicyclic) bond motifs is 1. The third-order valence-corrected chi connectivity index (χ3v) is 6.82. The Labute approximate surface area is 225 Å². The van der Waals surface area contributed by atoms with E-state index in [0.717, 1.165) is 49.8 Å². The van der Waals surface area contributed by atoms with Gasteiger partial charge >= 0.3 is 0 Å². The summed E-state index contributed by atoms with van der Waals surface area (Å²) in [5.41, 5.74) is 1.78. The number of benzene rings is 1. The van der Waals surface area contributed by atoms with Crippen LogP contribution in [0.5, 0.6) is 5.75 Å². The van der Waals surface area contributed by atoms with Gasteiger partial charge in [-0.3, -0.25) is 19.7 Å². The molecule has 2 aliphatic rings. The number of aromatic nitrogens is 4. The fourth-order valence-electron chi connectivity index (χ4n) is 4.83. The Hall–Kier alpha value is -4.19. The first-order valence-electron chi connectivity index (χ1n) is 13.1. The second-order valence-electron chi connectivity index (χ2n) is 9.74. The van der Waals surface area contributed by atoms with Crippen LogP contribution >= 0.6 is 0 Å². The van der Waals surface area contributed by atoms with Gasteiger partial charge < -0.3 is 19.7 Å². The Bertz CT molecular complexity index is 1380. The zero-order valence-corrected chi connectivity index (χ0v) is 22.0. The van der Waals surface area contributed by atoms with Crippen LogP contribution < -0.4 is 20.3 Å². The molecule has 204 valence electrons. The van der Waals surface area contributed by atoms with Crippen LogP contribution in [0.2, 0.25) is 0 Å². The first-order chi connectivity index (χ1) is 18.9. The monoisotopic (exact) mass is 533 g/mol. The Balaban J connectivity index is 1.27. The highest BCUT2D eigenvalue weighted by Gasteiger charge is 2.25. The third-order valence-electron chi connectivity index (χ3n) is 6.82. The lowest BCUT2D eigenvalue weighted by molar-refractivity contribution is -0.118. The topological polar surface area (TPSA) is 149 Å². The molecule has 2 amide bonds. The van der Waals surface area contributed by atoms with Gasteiger partial charge in [0.2, 0.25) is 11.9 Å². The van der Waals surface area contributed by atoms with Crippen molar-refractivity contribution in [3.63, 3.8) is 0 Å². The number of ketones is 1. The van der Waals surface area contributed by atoms with Crippen LogP contribution in [0.25, 0.3) is 10.9 Å². The molecule has 2 N–H and O–H groups in total. The lowest BCUT2D eigenvalue weighted by atomic mass is 9.93. The van der Waals surface area contributed by atoms with Crippen LogP contribution in [0.4, 0.5) is 11.6 Å². The molecule has 12 nitrogen and oxygen atoms in total. The number of hydrogen-bond acceptors (Lipinski definition) is 11. The van der Waals surface area contributed by atoms with Crippen molar-refractivity contribution in [2.45, 2.75) is 51.7 Å². The van der Waals surface area contributed by atoms with Crippen LogP contribution in [-0.4, -0.2) is 76.0 Å². The molecular formula is C27H31N7O5. The first kappa shape index (κ1) is 26.4. The minimum atomic E-state index is -0.559. The van der Waals surface area contributed by atoms with Gasteiger partial charge in [-0.05, 0) is 37.8 Å². The van der Waals surface area contributed by atoms with E-state index in [9.17, 15) is 14.4 Å². The van der Waals surface area contributed by atoms with Gasteiger partial charge in [-0.15, -0.1) is 0 Å². The van der Waals surface area contributed by atoms with Crippen molar-refractivity contribution in [1.82, 2.24) is 25.3 Å². The molecule has 3 aromatic rings. The smallest absolute Gasteiger partial charge is 0.276 e. The SMILES string of the molecule is CC(=O)NC(=O)c1ccnc(NC2CCC(Oc3cc(N4CCOCC4)cc4nc(C(C)=O)ncc34)CC2)n1. The highest BCUT2D eigenvalue weighted by atomic mass is 16.5. The summed E-state index contributed by atoms with van der Waals surface area (Å²) in [6, 6.07) is 5.59. The number of nitrogens with one attached hydrogen (secondary N) is 2. The van der Waals surface area contributed by atoms with Crippen LogP contribution in [0, 0.1) is 0 Å². The number of morpholine rings is 1. The summed E-state index contributed by atoms with van der Waals surface area (Å²) in [6.07, 6.45) is 6.40. The molecule has 1 aliphatic carbocycles. The molecule has 5 rings (SSSR count). The van der Waals surface area contributed by atoms with Crippen LogP contribution in [-0.2, 0) is 9.53 Å². The fraction of sp³-hybridized carbons (Fsp3) is 0.444. The summed E-state index contributed by atoms with van der Waals surface area (Å²) in [7, 11) is 0. The van der Waals surface area contributed by atoms with Crippen molar-refractivity contribution >= 4 is 40.1 Å². The predicted octanol–water partition coefficient (Wildman–Crippen LogP) is 2.54. The third kappa shape index (κ3) is 6.45. The maximum atomic E-state index is 12.1. The van der Waals surface area contributed by atoms with E-state index in [-0.39, 0.29) is 29.4 Å². The van der Waals surface area contributed by atoms with Gasteiger partial charge in [0, 0.05) is 57.1 Å². The molecule has 0 spiro atoms. The Kier molecular flexibility index (Phi) is 7.92. The zero-order chi connectivity index (χ0) is 27.4. The molecule has 0 bridgehead atoms. The molecule has 1 aliphatic heterocycles. The minimum Gasteiger partial charge on any atom is -0.490 e. The molecule has 12 heteroatoms. The summed E-state index contributed by atoms with van der Waals surface area (Å²) >= 11 is 0. The second-order valence-corrected chi connectivity index (χ2v) is 9.74. The Morgan fingerprint density at radius 1 is 1.03 bits per heavy atom. The number of carbonyl (C=O) groups is 3. The second kappa shape index (κ2) is 11.7. The Morgan fingerprint density at radius 2 is 1.79 bits per heavy atom. The molecule has 2 aromatic heterocycles. The summed E-state index contributed by atoms with van der Waals surface area (Å²) in [5, 5.41) is 6.29. The van der Waals surface area contributed by atoms with Crippen molar-refractivity contribution in [3.05, 3.63) is 42.1 Å². The Morgan fingerprint density at radius 3 is 2.51 bits per heavy atom. The number of amides is 2. The molecular weight excluding hydrogens is 502 g/mol. The minimum absolute atomic E-state index is 0.00716. The van der Waals surface area contributed by atoms with E-state index >= 15 is 0 Å². The standard InChI is InChI=1S/C27H31N7O5/c1-16(35)25-29-15-21-23(32-25)13-19(34-9-11-38-12-10-34)14-24(21)39-20-5-3-18(4-6-20)31-27-28-8-7-22(33-27)26(37)30-17(2)36/h7-8,13-15,18,20H,3-6,9-12H2,1-2H3,(H,28,31,33)(H,30,36,37). The molecule has 0 radical (unpaired) electrons. The highest BCUT2D eigenvalue weighted by molar-refractivity contribution is 6.03. The number of anilines is 2. The molecule has 0 unspecified atom stereocenters. The van der Waals surface area contributed by atoms with Gasteiger partial charge in [0.25, 0.3) is 5.91 Å². The molecule has 0 atom stereocenters. The summed E-state index contributed by atoms with van der Waals surface area (Å²) in [5.74, 6) is 0.0444. The average molecular weight is 534 g/mol. The number of hydrogen-bond donors (Lipinski definition) is 2. The molecule has 1 saturated heterocycles. The van der Waals surface area contributed by atoms with Gasteiger partial charge in [-0.1, -0.05) is 0 Å². The summed E-state index contributed by atoms with van der Waals surface area (Å²) < 4.78 is 12.0.